The molecule has 0 radical (unpaired) electrons. The van der Waals surface area contributed by atoms with E-state index in [-0.39, 0.29) is 0 Å². The average Bonchev–Trinajstić information content (AvgIpc) is 2.63. The number of benzene rings is 1. The van der Waals surface area contributed by atoms with Gasteiger partial charge in [0.05, 0.1) is 13.2 Å². The highest BCUT2D eigenvalue weighted by Gasteiger charge is 2.20. The minimum Gasteiger partial charge on any atom is -0.379 e. The van der Waals surface area contributed by atoms with Crippen molar-refractivity contribution < 1.29 is 4.74 Å². The SMILES string of the molecule is Cc1ccccc1N1CCN(C(=S)NCCN2CCOCC2)CC1. The summed E-state index contributed by atoms with van der Waals surface area (Å²) in [5.41, 5.74) is 2.69. The van der Waals surface area contributed by atoms with Gasteiger partial charge in [-0.05, 0) is 30.8 Å². The van der Waals surface area contributed by atoms with Crippen LogP contribution in [-0.2, 0) is 4.74 Å². The Balaban J connectivity index is 1.39. The molecule has 2 saturated heterocycles. The van der Waals surface area contributed by atoms with Crippen LogP contribution in [0.1, 0.15) is 5.56 Å². The van der Waals surface area contributed by atoms with Gasteiger partial charge in [0.2, 0.25) is 0 Å². The van der Waals surface area contributed by atoms with Crippen molar-refractivity contribution >= 4 is 23.0 Å². The lowest BCUT2D eigenvalue weighted by Crippen LogP contribution is -2.52. The van der Waals surface area contributed by atoms with E-state index in [2.05, 4.69) is 51.2 Å². The predicted octanol–water partition coefficient (Wildman–Crippen LogP) is 1.32. The van der Waals surface area contributed by atoms with Crippen molar-refractivity contribution in [2.75, 3.05) is 70.5 Å². The number of nitrogens with one attached hydrogen (secondary N) is 1. The number of hydrogen-bond acceptors (Lipinski definition) is 4. The van der Waals surface area contributed by atoms with Gasteiger partial charge in [-0.2, -0.15) is 0 Å². The van der Waals surface area contributed by atoms with Gasteiger partial charge in [-0.15, -0.1) is 0 Å². The van der Waals surface area contributed by atoms with Gasteiger partial charge < -0.3 is 19.9 Å². The third-order valence-corrected chi connectivity index (χ3v) is 5.23. The monoisotopic (exact) mass is 348 g/mol. The normalized spacial score (nSPS) is 19.4. The molecule has 24 heavy (non-hydrogen) atoms. The number of ether oxygens (including phenoxy) is 1. The minimum absolute atomic E-state index is 0.852. The molecule has 1 N–H and O–H groups in total. The van der Waals surface area contributed by atoms with E-state index < -0.39 is 0 Å². The topological polar surface area (TPSA) is 31.0 Å². The van der Waals surface area contributed by atoms with E-state index in [9.17, 15) is 0 Å². The minimum atomic E-state index is 0.852. The van der Waals surface area contributed by atoms with Crippen LogP contribution in [0.4, 0.5) is 5.69 Å². The van der Waals surface area contributed by atoms with Crippen molar-refractivity contribution in [2.24, 2.45) is 0 Å². The number of nitrogens with zero attached hydrogens (tertiary/aromatic N) is 3. The summed E-state index contributed by atoms with van der Waals surface area (Å²) in [4.78, 5) is 7.18. The summed E-state index contributed by atoms with van der Waals surface area (Å²) in [6.07, 6.45) is 0. The quantitative estimate of drug-likeness (QED) is 0.826. The molecule has 3 rings (SSSR count). The van der Waals surface area contributed by atoms with Crippen molar-refractivity contribution in [2.45, 2.75) is 6.92 Å². The van der Waals surface area contributed by atoms with Crippen molar-refractivity contribution in [3.8, 4) is 0 Å². The molecular weight excluding hydrogens is 320 g/mol. The second kappa shape index (κ2) is 8.65. The van der Waals surface area contributed by atoms with E-state index in [0.717, 1.165) is 70.7 Å². The zero-order chi connectivity index (χ0) is 16.8. The Morgan fingerprint density at radius 2 is 1.79 bits per heavy atom. The molecule has 0 unspecified atom stereocenters. The molecule has 0 spiro atoms. The molecule has 0 aromatic heterocycles. The Morgan fingerprint density at radius 3 is 2.50 bits per heavy atom. The summed E-state index contributed by atoms with van der Waals surface area (Å²) >= 11 is 5.58. The molecule has 0 atom stereocenters. The fraction of sp³-hybridized carbons (Fsp3) is 0.611. The van der Waals surface area contributed by atoms with Gasteiger partial charge in [0.15, 0.2) is 5.11 Å². The number of anilines is 1. The van der Waals surface area contributed by atoms with Gasteiger partial charge in [-0.3, -0.25) is 4.90 Å². The van der Waals surface area contributed by atoms with Crippen LogP contribution in [0.25, 0.3) is 0 Å². The summed E-state index contributed by atoms with van der Waals surface area (Å²) in [6, 6.07) is 8.61. The van der Waals surface area contributed by atoms with Crippen molar-refractivity contribution in [1.29, 1.82) is 0 Å². The van der Waals surface area contributed by atoms with Crippen LogP contribution < -0.4 is 10.2 Å². The third kappa shape index (κ3) is 4.59. The first-order valence-electron chi connectivity index (χ1n) is 8.87. The van der Waals surface area contributed by atoms with Crippen LogP contribution in [0.5, 0.6) is 0 Å². The fourth-order valence-corrected chi connectivity index (χ4v) is 3.61. The molecule has 5 nitrogen and oxygen atoms in total. The van der Waals surface area contributed by atoms with Crippen molar-refractivity contribution in [3.63, 3.8) is 0 Å². The number of thiocarbonyl (C=S) groups is 1. The lowest BCUT2D eigenvalue weighted by molar-refractivity contribution is 0.0388. The zero-order valence-corrected chi connectivity index (χ0v) is 15.4. The highest BCUT2D eigenvalue weighted by molar-refractivity contribution is 7.80. The Hall–Kier alpha value is -1.37. The lowest BCUT2D eigenvalue weighted by atomic mass is 10.1. The Bertz CT molecular complexity index is 540. The summed E-state index contributed by atoms with van der Waals surface area (Å²) in [5, 5.41) is 4.32. The van der Waals surface area contributed by atoms with Gasteiger partial charge in [0.25, 0.3) is 0 Å². The predicted molar refractivity (Wildman–Crippen MR) is 103 cm³/mol. The van der Waals surface area contributed by atoms with E-state index in [1.54, 1.807) is 0 Å². The van der Waals surface area contributed by atoms with Crippen LogP contribution in [0.3, 0.4) is 0 Å². The van der Waals surface area contributed by atoms with Crippen LogP contribution in [0.15, 0.2) is 24.3 Å². The molecule has 0 aliphatic carbocycles. The number of aryl methyl sites for hydroxylation is 1. The molecule has 1 aromatic rings. The zero-order valence-electron chi connectivity index (χ0n) is 14.5. The maximum absolute atomic E-state index is 5.58. The van der Waals surface area contributed by atoms with Gasteiger partial charge in [0, 0.05) is 58.0 Å². The molecule has 0 saturated carbocycles. The number of morpholine rings is 1. The molecule has 6 heteroatoms. The summed E-state index contributed by atoms with van der Waals surface area (Å²) in [5.74, 6) is 0. The highest BCUT2D eigenvalue weighted by atomic mass is 32.1. The van der Waals surface area contributed by atoms with Gasteiger partial charge in [0.1, 0.15) is 0 Å². The first-order valence-corrected chi connectivity index (χ1v) is 9.28. The Morgan fingerprint density at radius 1 is 1.08 bits per heavy atom. The number of hydrogen-bond donors (Lipinski definition) is 1. The molecular formula is C18H28N4OS. The Kier molecular flexibility index (Phi) is 6.29. The Labute approximate surface area is 150 Å². The van der Waals surface area contributed by atoms with E-state index >= 15 is 0 Å². The van der Waals surface area contributed by atoms with Crippen LogP contribution in [0.2, 0.25) is 0 Å². The molecule has 2 aliphatic rings. The number of para-hydroxylation sites is 1. The standard InChI is InChI=1S/C18H28N4OS/c1-16-4-2-3-5-17(16)21-8-10-22(11-9-21)18(24)19-6-7-20-12-14-23-15-13-20/h2-5H,6-15H2,1H3,(H,19,24). The maximum atomic E-state index is 5.58. The first-order chi connectivity index (χ1) is 11.7. The fourth-order valence-electron chi connectivity index (χ4n) is 3.33. The van der Waals surface area contributed by atoms with Gasteiger partial charge in [-0.25, -0.2) is 0 Å². The first kappa shape index (κ1) is 17.5. The van der Waals surface area contributed by atoms with Crippen LogP contribution in [0, 0.1) is 6.92 Å². The molecule has 2 heterocycles. The molecule has 1 aromatic carbocycles. The van der Waals surface area contributed by atoms with E-state index in [4.69, 9.17) is 17.0 Å². The maximum Gasteiger partial charge on any atom is 0.169 e. The summed E-state index contributed by atoms with van der Waals surface area (Å²) in [7, 11) is 0. The van der Waals surface area contributed by atoms with Crippen LogP contribution in [-0.4, -0.2) is 80.5 Å². The van der Waals surface area contributed by atoms with E-state index in [1.807, 2.05) is 0 Å². The van der Waals surface area contributed by atoms with E-state index in [0.29, 0.717) is 0 Å². The second-order valence-corrected chi connectivity index (χ2v) is 6.83. The van der Waals surface area contributed by atoms with E-state index in [1.165, 1.54) is 11.3 Å². The van der Waals surface area contributed by atoms with Gasteiger partial charge >= 0.3 is 0 Å². The number of piperazine rings is 1. The highest BCUT2D eigenvalue weighted by Crippen LogP contribution is 2.20. The van der Waals surface area contributed by atoms with Crippen molar-refractivity contribution in [3.05, 3.63) is 29.8 Å². The summed E-state index contributed by atoms with van der Waals surface area (Å²) in [6.45, 7) is 11.9. The summed E-state index contributed by atoms with van der Waals surface area (Å²) < 4.78 is 5.38. The molecule has 132 valence electrons. The number of rotatable bonds is 4. The van der Waals surface area contributed by atoms with Crippen molar-refractivity contribution in [1.82, 2.24) is 15.1 Å². The molecule has 2 fully saturated rings. The second-order valence-electron chi connectivity index (χ2n) is 6.45. The molecule has 0 bridgehead atoms. The smallest absolute Gasteiger partial charge is 0.169 e. The molecule has 0 amide bonds. The lowest BCUT2D eigenvalue weighted by Gasteiger charge is -2.38. The van der Waals surface area contributed by atoms with Gasteiger partial charge in [-0.1, -0.05) is 18.2 Å². The molecule has 2 aliphatic heterocycles. The third-order valence-electron chi connectivity index (χ3n) is 4.83. The van der Waals surface area contributed by atoms with Crippen LogP contribution >= 0.6 is 12.2 Å². The largest absolute Gasteiger partial charge is 0.379 e. The average molecular weight is 349 g/mol.